The Hall–Kier alpha value is -0.120. The van der Waals surface area contributed by atoms with E-state index in [2.05, 4.69) is 4.90 Å². The van der Waals surface area contributed by atoms with Crippen molar-refractivity contribution in [3.63, 3.8) is 0 Å². The summed E-state index contributed by atoms with van der Waals surface area (Å²) in [5.74, 6) is 0. The highest BCUT2D eigenvalue weighted by Crippen LogP contribution is 2.02. The molecule has 11 heavy (non-hydrogen) atoms. The molecule has 1 aliphatic rings. The van der Waals surface area contributed by atoms with Crippen molar-refractivity contribution in [3.8, 4) is 0 Å². The molecule has 1 N–H and O–H groups in total. The molecule has 0 amide bonds. The van der Waals surface area contributed by atoms with Gasteiger partial charge in [0.25, 0.3) is 0 Å². The number of aliphatic hydroxyl groups excluding tert-OH is 1. The lowest BCUT2D eigenvalue weighted by Gasteiger charge is -2.11. The molecule has 3 nitrogen and oxygen atoms in total. The molecule has 3 heteroatoms. The summed E-state index contributed by atoms with van der Waals surface area (Å²) in [5.41, 5.74) is 0. The van der Waals surface area contributed by atoms with Crippen LogP contribution < -0.4 is 0 Å². The quantitative estimate of drug-likeness (QED) is 0.591. The van der Waals surface area contributed by atoms with Gasteiger partial charge in [-0.05, 0) is 19.3 Å². The molecule has 0 radical (unpaired) electrons. The molecule has 0 unspecified atom stereocenters. The zero-order valence-electron chi connectivity index (χ0n) is 6.96. The number of ether oxygens (including phenoxy) is 1. The number of rotatable bonds is 5. The second kappa shape index (κ2) is 5.52. The average molecular weight is 159 g/mol. The van der Waals surface area contributed by atoms with E-state index >= 15 is 0 Å². The van der Waals surface area contributed by atoms with Gasteiger partial charge in [-0.2, -0.15) is 0 Å². The maximum atomic E-state index is 8.52. The summed E-state index contributed by atoms with van der Waals surface area (Å²) < 4.78 is 5.19. The van der Waals surface area contributed by atoms with Crippen LogP contribution in [-0.2, 0) is 4.74 Å². The van der Waals surface area contributed by atoms with Crippen LogP contribution in [0.4, 0.5) is 0 Å². The molecule has 0 atom stereocenters. The van der Waals surface area contributed by atoms with Gasteiger partial charge in [0, 0.05) is 19.7 Å². The predicted octanol–water partition coefficient (Wildman–Crippen LogP) is 0.439. The Morgan fingerprint density at radius 3 is 2.82 bits per heavy atom. The van der Waals surface area contributed by atoms with Gasteiger partial charge in [-0.3, -0.25) is 4.90 Å². The lowest BCUT2D eigenvalue weighted by molar-refractivity contribution is 0.139. The Morgan fingerprint density at radius 2 is 2.18 bits per heavy atom. The van der Waals surface area contributed by atoms with Gasteiger partial charge in [0.1, 0.15) is 0 Å². The molecule has 1 aliphatic heterocycles. The van der Waals surface area contributed by atoms with Crippen molar-refractivity contribution in [1.82, 2.24) is 4.90 Å². The normalized spacial score (nSPS) is 19.4. The first-order valence-corrected chi connectivity index (χ1v) is 4.34. The molecule has 0 aromatic rings. The zero-order chi connectivity index (χ0) is 7.94. The molecular formula is C8H17NO2. The van der Waals surface area contributed by atoms with Crippen molar-refractivity contribution in [2.24, 2.45) is 0 Å². The molecule has 0 saturated carbocycles. The first-order valence-electron chi connectivity index (χ1n) is 4.34. The van der Waals surface area contributed by atoms with Crippen LogP contribution in [0.2, 0.25) is 0 Å². The first kappa shape index (κ1) is 8.97. The summed E-state index contributed by atoms with van der Waals surface area (Å²) >= 11 is 0. The summed E-state index contributed by atoms with van der Waals surface area (Å²) in [6.45, 7) is 4.23. The van der Waals surface area contributed by atoms with Gasteiger partial charge in [-0.15, -0.1) is 0 Å². The third-order valence-corrected chi connectivity index (χ3v) is 1.96. The molecule has 1 saturated heterocycles. The number of hydrogen-bond donors (Lipinski definition) is 1. The largest absolute Gasteiger partial charge is 0.396 e. The van der Waals surface area contributed by atoms with E-state index < -0.39 is 0 Å². The van der Waals surface area contributed by atoms with Crippen molar-refractivity contribution in [2.45, 2.75) is 19.3 Å². The van der Waals surface area contributed by atoms with E-state index in [-0.39, 0.29) is 0 Å². The summed E-state index contributed by atoms with van der Waals surface area (Å²) in [5, 5.41) is 8.52. The van der Waals surface area contributed by atoms with Crippen molar-refractivity contribution < 1.29 is 9.84 Å². The third kappa shape index (κ3) is 3.70. The highest BCUT2D eigenvalue weighted by atomic mass is 16.5. The maximum absolute atomic E-state index is 8.52. The maximum Gasteiger partial charge on any atom is 0.0991 e. The molecule has 1 rings (SSSR count). The molecular weight excluding hydrogens is 142 g/mol. The van der Waals surface area contributed by atoms with Crippen molar-refractivity contribution in [1.29, 1.82) is 0 Å². The van der Waals surface area contributed by atoms with Gasteiger partial charge in [0.05, 0.1) is 13.3 Å². The van der Waals surface area contributed by atoms with Crippen LogP contribution in [0.15, 0.2) is 0 Å². The fraction of sp³-hybridized carbons (Fsp3) is 1.00. The van der Waals surface area contributed by atoms with E-state index in [1.165, 1.54) is 6.42 Å². The standard InChI is InChI=1S/C8H17NO2/c10-6-3-1-2-4-9-5-7-11-8-9/h10H,1-8H2. The van der Waals surface area contributed by atoms with Crippen LogP contribution in [0.3, 0.4) is 0 Å². The summed E-state index contributed by atoms with van der Waals surface area (Å²) in [6, 6.07) is 0. The summed E-state index contributed by atoms with van der Waals surface area (Å²) in [6.07, 6.45) is 3.26. The van der Waals surface area contributed by atoms with Gasteiger partial charge in [-0.1, -0.05) is 0 Å². The SMILES string of the molecule is OCCCCCN1CCOC1. The number of aliphatic hydroxyl groups is 1. The summed E-state index contributed by atoms with van der Waals surface area (Å²) in [4.78, 5) is 2.30. The van der Waals surface area contributed by atoms with Crippen LogP contribution in [0, 0.1) is 0 Å². The van der Waals surface area contributed by atoms with E-state index in [0.29, 0.717) is 6.61 Å². The molecule has 0 aliphatic carbocycles. The summed E-state index contributed by atoms with van der Waals surface area (Å²) in [7, 11) is 0. The first-order chi connectivity index (χ1) is 5.43. The molecule has 1 heterocycles. The molecule has 0 bridgehead atoms. The molecule has 0 aromatic heterocycles. The predicted molar refractivity (Wildman–Crippen MR) is 43.3 cm³/mol. The number of unbranched alkanes of at least 4 members (excludes halogenated alkanes) is 2. The Kier molecular flexibility index (Phi) is 4.50. The van der Waals surface area contributed by atoms with Crippen LogP contribution >= 0.6 is 0 Å². The van der Waals surface area contributed by atoms with Crippen LogP contribution in [0.1, 0.15) is 19.3 Å². The Bertz CT molecular complexity index is 92.1. The molecule has 66 valence electrons. The monoisotopic (exact) mass is 159 g/mol. The second-order valence-electron chi connectivity index (χ2n) is 2.94. The van der Waals surface area contributed by atoms with Crippen LogP contribution in [0.25, 0.3) is 0 Å². The Balaban J connectivity index is 1.86. The van der Waals surface area contributed by atoms with E-state index in [1.807, 2.05) is 0 Å². The molecule has 0 spiro atoms. The minimum Gasteiger partial charge on any atom is -0.396 e. The zero-order valence-corrected chi connectivity index (χ0v) is 6.96. The number of hydrogen-bond acceptors (Lipinski definition) is 3. The van der Waals surface area contributed by atoms with Gasteiger partial charge in [0.15, 0.2) is 0 Å². The van der Waals surface area contributed by atoms with E-state index in [4.69, 9.17) is 9.84 Å². The smallest absolute Gasteiger partial charge is 0.0991 e. The van der Waals surface area contributed by atoms with E-state index in [1.54, 1.807) is 0 Å². The Labute approximate surface area is 68.0 Å². The van der Waals surface area contributed by atoms with E-state index in [9.17, 15) is 0 Å². The molecule has 1 fully saturated rings. The minimum absolute atomic E-state index is 0.330. The van der Waals surface area contributed by atoms with Crippen molar-refractivity contribution >= 4 is 0 Å². The van der Waals surface area contributed by atoms with Gasteiger partial charge in [-0.25, -0.2) is 0 Å². The van der Waals surface area contributed by atoms with Gasteiger partial charge in [0.2, 0.25) is 0 Å². The molecule has 0 aromatic carbocycles. The Morgan fingerprint density at radius 1 is 1.27 bits per heavy atom. The van der Waals surface area contributed by atoms with E-state index in [0.717, 1.165) is 39.3 Å². The lowest BCUT2D eigenvalue weighted by Crippen LogP contribution is -2.21. The van der Waals surface area contributed by atoms with Crippen molar-refractivity contribution in [3.05, 3.63) is 0 Å². The lowest BCUT2D eigenvalue weighted by atomic mass is 10.2. The average Bonchev–Trinajstić information content (AvgIpc) is 2.50. The highest BCUT2D eigenvalue weighted by molar-refractivity contribution is 4.58. The number of nitrogens with zero attached hydrogens (tertiary/aromatic N) is 1. The van der Waals surface area contributed by atoms with Crippen LogP contribution in [0.5, 0.6) is 0 Å². The van der Waals surface area contributed by atoms with Gasteiger partial charge >= 0.3 is 0 Å². The third-order valence-electron chi connectivity index (χ3n) is 1.96. The minimum atomic E-state index is 0.330. The highest BCUT2D eigenvalue weighted by Gasteiger charge is 2.09. The fourth-order valence-electron chi connectivity index (χ4n) is 1.25. The second-order valence-corrected chi connectivity index (χ2v) is 2.94. The van der Waals surface area contributed by atoms with Crippen molar-refractivity contribution in [2.75, 3.05) is 33.0 Å². The van der Waals surface area contributed by atoms with Gasteiger partial charge < -0.3 is 9.84 Å². The fourth-order valence-corrected chi connectivity index (χ4v) is 1.25. The topological polar surface area (TPSA) is 32.7 Å². The van der Waals surface area contributed by atoms with Crippen LogP contribution in [-0.4, -0.2) is 43.0 Å².